The molecule has 0 radical (unpaired) electrons. The maximum absolute atomic E-state index is 5.06. The summed E-state index contributed by atoms with van der Waals surface area (Å²) in [6.45, 7) is 0. The zero-order valence-corrected chi connectivity index (χ0v) is 36.3. The Balaban J connectivity index is 0.797. The maximum atomic E-state index is 5.06. The second-order valence-electron chi connectivity index (χ2n) is 16.6. The molecule has 66 heavy (non-hydrogen) atoms. The summed E-state index contributed by atoms with van der Waals surface area (Å²) >= 11 is 0. The van der Waals surface area contributed by atoms with Gasteiger partial charge in [0.1, 0.15) is 0 Å². The highest BCUT2D eigenvalue weighted by atomic mass is 14.7. The fourth-order valence-corrected chi connectivity index (χ4v) is 8.72. The number of hydrogen-bond donors (Lipinski definition) is 0. The van der Waals surface area contributed by atoms with Crippen LogP contribution in [0.5, 0.6) is 0 Å². The SMILES string of the molecule is c1ccc(-c2cc(-c3ccc(-c4ccc(-c5cccc(-c6ccc(-c7ccc(-c8cc(-c9ccccc9)nc(-c9ccccc9)c8)cc7)cc6)c5)cc4)cc3)cc(-c3ccccc3)n2)cc1. The van der Waals surface area contributed by atoms with Crippen LogP contribution in [-0.4, -0.2) is 9.97 Å². The van der Waals surface area contributed by atoms with E-state index in [2.05, 4.69) is 243 Å². The van der Waals surface area contributed by atoms with Gasteiger partial charge in [0, 0.05) is 22.3 Å². The topological polar surface area (TPSA) is 25.8 Å². The fraction of sp³-hybridized carbons (Fsp3) is 0. The van der Waals surface area contributed by atoms with Gasteiger partial charge in [-0.2, -0.15) is 0 Å². The molecule has 0 bridgehead atoms. The molecule has 0 aliphatic heterocycles. The van der Waals surface area contributed by atoms with Crippen molar-refractivity contribution in [1.29, 1.82) is 0 Å². The zero-order chi connectivity index (χ0) is 44.1. The average molecular weight is 841 g/mol. The summed E-state index contributed by atoms with van der Waals surface area (Å²) in [4.78, 5) is 10.1. The van der Waals surface area contributed by atoms with Gasteiger partial charge in [-0.1, -0.05) is 237 Å². The lowest BCUT2D eigenvalue weighted by Gasteiger charge is -2.12. The van der Waals surface area contributed by atoms with E-state index in [0.29, 0.717) is 0 Å². The number of nitrogens with zero attached hydrogens (tertiary/aromatic N) is 2. The van der Waals surface area contributed by atoms with Crippen LogP contribution in [0.3, 0.4) is 0 Å². The van der Waals surface area contributed by atoms with Gasteiger partial charge >= 0.3 is 0 Å². The first-order chi connectivity index (χ1) is 32.7. The van der Waals surface area contributed by atoms with E-state index in [1.165, 1.54) is 44.5 Å². The highest BCUT2D eigenvalue weighted by molar-refractivity contribution is 5.82. The van der Waals surface area contributed by atoms with Crippen molar-refractivity contribution in [3.05, 3.63) is 267 Å². The Morgan fingerprint density at radius 3 is 0.576 bits per heavy atom. The lowest BCUT2D eigenvalue weighted by Crippen LogP contribution is -1.91. The fourth-order valence-electron chi connectivity index (χ4n) is 8.72. The molecule has 0 N–H and O–H groups in total. The van der Waals surface area contributed by atoms with Crippen LogP contribution < -0.4 is 0 Å². The van der Waals surface area contributed by atoms with Crippen molar-refractivity contribution < 1.29 is 0 Å². The Bertz CT molecular complexity index is 3040. The van der Waals surface area contributed by atoms with Crippen LogP contribution in [0.1, 0.15) is 0 Å². The number of hydrogen-bond acceptors (Lipinski definition) is 2. The first-order valence-corrected chi connectivity index (χ1v) is 22.5. The molecule has 2 heterocycles. The van der Waals surface area contributed by atoms with Gasteiger partial charge in [0.15, 0.2) is 0 Å². The molecule has 0 saturated heterocycles. The molecule has 0 fully saturated rings. The van der Waals surface area contributed by atoms with Gasteiger partial charge in [-0.25, -0.2) is 9.97 Å². The van der Waals surface area contributed by atoms with Gasteiger partial charge in [-0.3, -0.25) is 0 Å². The van der Waals surface area contributed by atoms with Crippen molar-refractivity contribution in [2.75, 3.05) is 0 Å². The Morgan fingerprint density at radius 2 is 0.333 bits per heavy atom. The quantitative estimate of drug-likeness (QED) is 0.137. The monoisotopic (exact) mass is 840 g/mol. The molecule has 0 saturated carbocycles. The first kappa shape index (κ1) is 40.1. The Kier molecular flexibility index (Phi) is 11.0. The normalized spacial score (nSPS) is 11.0. The summed E-state index contributed by atoms with van der Waals surface area (Å²) < 4.78 is 0. The predicted octanol–water partition coefficient (Wildman–Crippen LogP) is 17.1. The third-order valence-corrected chi connectivity index (χ3v) is 12.3. The molecule has 0 unspecified atom stereocenters. The van der Waals surface area contributed by atoms with Crippen LogP contribution in [0.4, 0.5) is 0 Å². The molecule has 9 aromatic carbocycles. The van der Waals surface area contributed by atoms with E-state index in [1.807, 2.05) is 24.3 Å². The van der Waals surface area contributed by atoms with E-state index < -0.39 is 0 Å². The lowest BCUT2D eigenvalue weighted by atomic mass is 9.95. The van der Waals surface area contributed by atoms with Crippen molar-refractivity contribution in [2.24, 2.45) is 0 Å². The highest BCUT2D eigenvalue weighted by Gasteiger charge is 2.12. The number of pyridine rings is 2. The molecule has 2 nitrogen and oxygen atoms in total. The molecule has 0 aliphatic carbocycles. The van der Waals surface area contributed by atoms with Gasteiger partial charge in [-0.15, -0.1) is 0 Å². The summed E-state index contributed by atoms with van der Waals surface area (Å²) in [5.74, 6) is 0. The van der Waals surface area contributed by atoms with Gasteiger partial charge in [0.2, 0.25) is 0 Å². The van der Waals surface area contributed by atoms with E-state index in [-0.39, 0.29) is 0 Å². The Labute approximate surface area is 386 Å². The highest BCUT2D eigenvalue weighted by Crippen LogP contribution is 2.35. The van der Waals surface area contributed by atoms with E-state index in [1.54, 1.807) is 0 Å². The standard InChI is InChI=1S/C64H44N2/c1-5-14-53(15-6-1)61-41-59(42-62(65-61)54-16-7-2-8-17-54)51-36-28-47(29-37-51)45-24-32-49(33-25-45)57-22-13-23-58(40-57)50-34-26-46(27-35-50)48-30-38-52(39-31-48)60-43-63(55-18-9-3-10-19-55)66-64(44-60)56-20-11-4-12-21-56/h1-44H. The van der Waals surface area contributed by atoms with Crippen LogP contribution in [0.2, 0.25) is 0 Å². The maximum Gasteiger partial charge on any atom is 0.0715 e. The van der Waals surface area contributed by atoms with E-state index in [0.717, 1.165) is 67.3 Å². The number of aromatic nitrogens is 2. The second kappa shape index (κ2) is 18.2. The molecule has 2 heteroatoms. The molecule has 0 aliphatic rings. The van der Waals surface area contributed by atoms with E-state index >= 15 is 0 Å². The zero-order valence-electron chi connectivity index (χ0n) is 36.3. The smallest absolute Gasteiger partial charge is 0.0715 e. The van der Waals surface area contributed by atoms with Crippen molar-refractivity contribution in [1.82, 2.24) is 9.97 Å². The summed E-state index contributed by atoms with van der Waals surface area (Å²) in [7, 11) is 0. The lowest BCUT2D eigenvalue weighted by molar-refractivity contribution is 1.32. The van der Waals surface area contributed by atoms with Crippen LogP contribution in [0, 0.1) is 0 Å². The molecule has 0 spiro atoms. The third kappa shape index (κ3) is 8.64. The van der Waals surface area contributed by atoms with Crippen molar-refractivity contribution >= 4 is 0 Å². The van der Waals surface area contributed by atoms with Crippen molar-refractivity contribution in [2.45, 2.75) is 0 Å². The molecule has 11 rings (SSSR count). The van der Waals surface area contributed by atoms with Crippen molar-refractivity contribution in [3.8, 4) is 112 Å². The minimum absolute atomic E-state index is 0.965. The summed E-state index contributed by atoms with van der Waals surface area (Å²) in [5, 5.41) is 0. The van der Waals surface area contributed by atoms with Crippen LogP contribution in [0.25, 0.3) is 112 Å². The van der Waals surface area contributed by atoms with Crippen LogP contribution in [0.15, 0.2) is 267 Å². The summed E-state index contributed by atoms with van der Waals surface area (Å²) in [5.41, 5.74) is 22.4. The number of rotatable bonds is 10. The molecule has 0 amide bonds. The van der Waals surface area contributed by atoms with E-state index in [9.17, 15) is 0 Å². The van der Waals surface area contributed by atoms with Crippen LogP contribution in [-0.2, 0) is 0 Å². The minimum Gasteiger partial charge on any atom is -0.248 e. The molecule has 0 atom stereocenters. The molecular formula is C64H44N2. The summed E-state index contributed by atoms with van der Waals surface area (Å²) in [6.07, 6.45) is 0. The largest absolute Gasteiger partial charge is 0.248 e. The van der Waals surface area contributed by atoms with Crippen LogP contribution >= 0.6 is 0 Å². The van der Waals surface area contributed by atoms with Gasteiger partial charge < -0.3 is 0 Å². The van der Waals surface area contributed by atoms with Gasteiger partial charge in [-0.05, 0) is 97.1 Å². The average Bonchev–Trinajstić information content (AvgIpc) is 3.42. The van der Waals surface area contributed by atoms with Crippen molar-refractivity contribution in [3.63, 3.8) is 0 Å². The Hall–Kier alpha value is -8.72. The van der Waals surface area contributed by atoms with Gasteiger partial charge in [0.25, 0.3) is 0 Å². The minimum atomic E-state index is 0.965. The molecule has 11 aromatic rings. The molecule has 2 aromatic heterocycles. The van der Waals surface area contributed by atoms with E-state index in [4.69, 9.17) is 9.97 Å². The van der Waals surface area contributed by atoms with Gasteiger partial charge in [0.05, 0.1) is 22.8 Å². The number of benzene rings is 9. The molecule has 310 valence electrons. The summed E-state index contributed by atoms with van der Waals surface area (Å²) in [6, 6.07) is 94.8. The molecular weight excluding hydrogens is 797 g/mol. The second-order valence-corrected chi connectivity index (χ2v) is 16.6. The Morgan fingerprint density at radius 1 is 0.136 bits per heavy atom. The first-order valence-electron chi connectivity index (χ1n) is 22.5. The predicted molar refractivity (Wildman–Crippen MR) is 276 cm³/mol. The third-order valence-electron chi connectivity index (χ3n) is 12.3.